The van der Waals surface area contributed by atoms with E-state index < -0.39 is 0 Å². The van der Waals surface area contributed by atoms with Crippen LogP contribution in [-0.2, 0) is 14.3 Å². The molecule has 1 atom stereocenters. The Kier molecular flexibility index (Phi) is 8.66. The van der Waals surface area contributed by atoms with E-state index in [4.69, 9.17) is 26.4 Å². The fraction of sp³-hybridized carbons (Fsp3) is 0.370. The van der Waals surface area contributed by atoms with Gasteiger partial charge in [-0.2, -0.15) is 0 Å². The number of carbonyl (C=O) groups excluding carboxylic acids is 2. The van der Waals surface area contributed by atoms with Crippen LogP contribution in [0.15, 0.2) is 41.3 Å². The van der Waals surface area contributed by atoms with E-state index in [-0.39, 0.29) is 24.5 Å². The van der Waals surface area contributed by atoms with Crippen LogP contribution in [0.5, 0.6) is 11.5 Å². The van der Waals surface area contributed by atoms with Gasteiger partial charge < -0.3 is 19.5 Å². The number of hydrogen-bond acceptors (Lipinski definition) is 7. The minimum atomic E-state index is -0.261. The number of nitrogens with zero attached hydrogens (tertiary/aromatic N) is 1. The highest BCUT2D eigenvalue weighted by Crippen LogP contribution is 2.35. The van der Waals surface area contributed by atoms with Gasteiger partial charge in [0.1, 0.15) is 4.32 Å². The molecule has 7 nitrogen and oxygen atoms in total. The summed E-state index contributed by atoms with van der Waals surface area (Å²) < 4.78 is 17.7. The van der Waals surface area contributed by atoms with Gasteiger partial charge in [0.2, 0.25) is 0 Å². The minimum Gasteiger partial charge on any atom is -0.490 e. The Bertz CT molecular complexity index is 1190. The topological polar surface area (TPSA) is 77.1 Å². The first kappa shape index (κ1) is 26.2. The number of hydrogen-bond donors (Lipinski definition) is 1. The first-order valence-corrected chi connectivity index (χ1v) is 13.2. The molecule has 190 valence electrons. The predicted molar refractivity (Wildman–Crippen MR) is 147 cm³/mol. The third-order valence-electron chi connectivity index (χ3n) is 5.86. The van der Waals surface area contributed by atoms with Gasteiger partial charge in [0.25, 0.3) is 11.8 Å². The van der Waals surface area contributed by atoms with Gasteiger partial charge in [-0.25, -0.2) is 0 Å². The highest BCUT2D eigenvalue weighted by atomic mass is 32.2. The van der Waals surface area contributed by atoms with Crippen molar-refractivity contribution < 1.29 is 23.8 Å². The molecule has 2 amide bonds. The smallest absolute Gasteiger partial charge is 0.266 e. The zero-order valence-corrected chi connectivity index (χ0v) is 22.3. The fourth-order valence-corrected chi connectivity index (χ4v) is 5.36. The number of rotatable bonds is 9. The molecule has 1 N–H and O–H groups in total. The first-order valence-electron chi connectivity index (χ1n) is 12.0. The van der Waals surface area contributed by atoms with Crippen LogP contribution in [0, 0.1) is 13.8 Å². The molecule has 0 spiro atoms. The van der Waals surface area contributed by atoms with Crippen LogP contribution < -0.4 is 14.8 Å². The molecule has 2 aliphatic heterocycles. The summed E-state index contributed by atoms with van der Waals surface area (Å²) in [4.78, 5) is 27.6. The van der Waals surface area contributed by atoms with Crippen LogP contribution in [0.4, 0.5) is 5.69 Å². The molecule has 0 bridgehead atoms. The molecule has 36 heavy (non-hydrogen) atoms. The summed E-state index contributed by atoms with van der Waals surface area (Å²) in [6, 6.07) is 11.2. The van der Waals surface area contributed by atoms with E-state index in [0.29, 0.717) is 33.9 Å². The van der Waals surface area contributed by atoms with Crippen LogP contribution in [0.25, 0.3) is 6.08 Å². The minimum absolute atomic E-state index is 0.0416. The van der Waals surface area contributed by atoms with Crippen LogP contribution >= 0.6 is 24.0 Å². The Hall–Kier alpha value is -2.88. The highest BCUT2D eigenvalue weighted by molar-refractivity contribution is 8.26. The summed E-state index contributed by atoms with van der Waals surface area (Å²) in [7, 11) is 0. The van der Waals surface area contributed by atoms with Crippen molar-refractivity contribution in [2.24, 2.45) is 0 Å². The molecule has 0 unspecified atom stereocenters. The molecular weight excluding hydrogens is 496 g/mol. The van der Waals surface area contributed by atoms with Crippen LogP contribution in [0.2, 0.25) is 0 Å². The number of carbonyl (C=O) groups is 2. The van der Waals surface area contributed by atoms with Crippen LogP contribution in [0.3, 0.4) is 0 Å². The maximum atomic E-state index is 12.9. The SMILES string of the molecule is CCOc1cc(/C=C2\SC(=S)N(C[C@H]3CCCO3)C2=O)ccc1OCC(=O)Nc1ccc(C)cc1C. The van der Waals surface area contributed by atoms with Gasteiger partial charge in [0, 0.05) is 12.3 Å². The number of ether oxygens (including phenoxy) is 3. The Labute approximate surface area is 221 Å². The Morgan fingerprint density at radius 3 is 2.78 bits per heavy atom. The lowest BCUT2D eigenvalue weighted by molar-refractivity contribution is -0.123. The molecule has 0 radical (unpaired) electrons. The molecule has 2 aromatic carbocycles. The second-order valence-electron chi connectivity index (χ2n) is 8.72. The largest absolute Gasteiger partial charge is 0.490 e. The Morgan fingerprint density at radius 2 is 2.06 bits per heavy atom. The van der Waals surface area contributed by atoms with Gasteiger partial charge in [-0.15, -0.1) is 0 Å². The summed E-state index contributed by atoms with van der Waals surface area (Å²) >= 11 is 6.73. The summed E-state index contributed by atoms with van der Waals surface area (Å²) in [5.41, 5.74) is 3.66. The second kappa shape index (κ2) is 11.9. The summed E-state index contributed by atoms with van der Waals surface area (Å²) in [6.45, 7) is 7.33. The van der Waals surface area contributed by atoms with Gasteiger partial charge in [-0.3, -0.25) is 14.5 Å². The number of anilines is 1. The summed E-state index contributed by atoms with van der Waals surface area (Å²) in [5.74, 6) is 0.585. The molecule has 2 saturated heterocycles. The molecule has 2 heterocycles. The van der Waals surface area contributed by atoms with Crippen LogP contribution in [0.1, 0.15) is 36.5 Å². The van der Waals surface area contributed by atoms with Crippen molar-refractivity contribution in [3.63, 3.8) is 0 Å². The third-order valence-corrected chi connectivity index (χ3v) is 7.24. The number of amides is 2. The quantitative estimate of drug-likeness (QED) is 0.360. The van der Waals surface area contributed by atoms with Gasteiger partial charge in [0.05, 0.1) is 24.2 Å². The molecule has 0 saturated carbocycles. The zero-order valence-electron chi connectivity index (χ0n) is 20.7. The Morgan fingerprint density at radius 1 is 1.22 bits per heavy atom. The molecule has 2 aromatic rings. The third kappa shape index (κ3) is 6.46. The van der Waals surface area contributed by atoms with Crippen molar-refractivity contribution in [1.29, 1.82) is 0 Å². The monoisotopic (exact) mass is 526 g/mol. The highest BCUT2D eigenvalue weighted by Gasteiger charge is 2.34. The first-order chi connectivity index (χ1) is 17.3. The zero-order chi connectivity index (χ0) is 25.7. The number of thioether (sulfide) groups is 1. The normalized spacial score (nSPS) is 18.7. The van der Waals surface area contributed by atoms with Gasteiger partial charge >= 0.3 is 0 Å². The van der Waals surface area contributed by atoms with E-state index >= 15 is 0 Å². The molecule has 9 heteroatoms. The van der Waals surface area contributed by atoms with Gasteiger partial charge in [-0.1, -0.05) is 47.7 Å². The average Bonchev–Trinajstić information content (AvgIpc) is 3.45. The molecule has 2 fully saturated rings. The van der Waals surface area contributed by atoms with Gasteiger partial charge in [0.15, 0.2) is 18.1 Å². The van der Waals surface area contributed by atoms with Crippen molar-refractivity contribution in [1.82, 2.24) is 4.90 Å². The van der Waals surface area contributed by atoms with E-state index in [2.05, 4.69) is 5.32 Å². The lowest BCUT2D eigenvalue weighted by Gasteiger charge is -2.18. The molecule has 4 rings (SSSR count). The average molecular weight is 527 g/mol. The van der Waals surface area contributed by atoms with E-state index in [1.54, 1.807) is 23.1 Å². The standard InChI is InChI=1S/C27H30N2O5S2/c1-4-32-23-13-19(14-24-26(31)29(27(35)36-24)15-20-6-5-11-33-20)8-10-22(23)34-16-25(30)28-21-9-7-17(2)12-18(21)3/h7-10,12-14,20H,4-6,11,15-16H2,1-3H3,(H,28,30)/b24-14-/t20-/m1/s1. The van der Waals surface area contributed by atoms with Gasteiger partial charge in [-0.05, 0) is 69.0 Å². The predicted octanol–water partition coefficient (Wildman–Crippen LogP) is 5.10. The van der Waals surface area contributed by atoms with Crippen molar-refractivity contribution in [3.8, 4) is 11.5 Å². The van der Waals surface area contributed by atoms with Crippen LogP contribution in [-0.4, -0.2) is 53.5 Å². The number of thiocarbonyl (C=S) groups is 1. The second-order valence-corrected chi connectivity index (χ2v) is 10.4. The van der Waals surface area contributed by atoms with Crippen molar-refractivity contribution in [2.45, 2.75) is 39.7 Å². The lowest BCUT2D eigenvalue weighted by Crippen LogP contribution is -2.35. The van der Waals surface area contributed by atoms with Crippen molar-refractivity contribution in [2.75, 3.05) is 31.7 Å². The number of aryl methyl sites for hydroxylation is 2. The molecular formula is C27H30N2O5S2. The van der Waals surface area contributed by atoms with E-state index in [9.17, 15) is 9.59 Å². The Balaban J connectivity index is 1.42. The van der Waals surface area contributed by atoms with E-state index in [1.807, 2.05) is 45.0 Å². The molecule has 0 aromatic heterocycles. The summed E-state index contributed by atoms with van der Waals surface area (Å²) in [5, 5.41) is 2.88. The maximum Gasteiger partial charge on any atom is 0.266 e. The molecule has 2 aliphatic rings. The maximum absolute atomic E-state index is 12.9. The van der Waals surface area contributed by atoms with E-state index in [0.717, 1.165) is 41.8 Å². The van der Waals surface area contributed by atoms with Crippen molar-refractivity contribution >= 4 is 51.9 Å². The summed E-state index contributed by atoms with van der Waals surface area (Å²) in [6.07, 6.45) is 3.79. The molecule has 0 aliphatic carbocycles. The van der Waals surface area contributed by atoms with E-state index in [1.165, 1.54) is 11.8 Å². The fourth-order valence-electron chi connectivity index (χ4n) is 4.09. The van der Waals surface area contributed by atoms with Crippen molar-refractivity contribution in [3.05, 3.63) is 58.0 Å². The lowest BCUT2D eigenvalue weighted by atomic mass is 10.1. The number of nitrogens with one attached hydrogen (secondary N) is 1. The number of benzene rings is 2.